The summed E-state index contributed by atoms with van der Waals surface area (Å²) in [4.78, 5) is 13.6. The topological polar surface area (TPSA) is 52.0 Å². The van der Waals surface area contributed by atoms with Crippen molar-refractivity contribution in [3.05, 3.63) is 65.7 Å². The Morgan fingerprint density at radius 3 is 2.46 bits per heavy atom. The Hall–Kier alpha value is -3.05. The van der Waals surface area contributed by atoms with Gasteiger partial charge in [0.2, 0.25) is 0 Å². The fraction of sp³-hybridized carbons (Fsp3) is 0.261. The quantitative estimate of drug-likeness (QED) is 0.664. The number of anilines is 1. The van der Waals surface area contributed by atoms with Crippen LogP contribution in [0.25, 0.3) is 10.8 Å². The highest BCUT2D eigenvalue weighted by Gasteiger charge is 2.13. The summed E-state index contributed by atoms with van der Waals surface area (Å²) < 4.78 is 10.6. The van der Waals surface area contributed by atoms with Gasteiger partial charge in [0.15, 0.2) is 6.54 Å². The number of benzene rings is 3. The molecule has 1 unspecified atom stereocenters. The maximum absolute atomic E-state index is 12.5. The van der Waals surface area contributed by atoms with Crippen LogP contribution in [0.5, 0.6) is 11.5 Å². The van der Waals surface area contributed by atoms with E-state index in [0.717, 1.165) is 28.1 Å². The highest BCUT2D eigenvalue weighted by molar-refractivity contribution is 5.93. The first-order valence-electron chi connectivity index (χ1n) is 9.31. The van der Waals surface area contributed by atoms with Crippen LogP contribution in [0.2, 0.25) is 0 Å². The number of fused-ring (bicyclic) bond motifs is 1. The highest BCUT2D eigenvalue weighted by Crippen LogP contribution is 2.25. The second-order valence-corrected chi connectivity index (χ2v) is 7.11. The molecule has 0 aromatic heterocycles. The smallest absolute Gasteiger partial charge is 0.279 e. The molecule has 0 saturated carbocycles. The summed E-state index contributed by atoms with van der Waals surface area (Å²) in [6.07, 6.45) is 0. The molecule has 0 spiro atoms. The molecule has 0 bridgehead atoms. The molecule has 28 heavy (non-hydrogen) atoms. The number of carbonyl (C=O) groups is 1. The number of hydrogen-bond donors (Lipinski definition) is 2. The lowest BCUT2D eigenvalue weighted by molar-refractivity contribution is -0.885. The van der Waals surface area contributed by atoms with Crippen molar-refractivity contribution in [3.63, 3.8) is 0 Å². The summed E-state index contributed by atoms with van der Waals surface area (Å²) in [5, 5.41) is 5.27. The lowest BCUT2D eigenvalue weighted by Crippen LogP contribution is -3.08. The van der Waals surface area contributed by atoms with Gasteiger partial charge in [-0.3, -0.25) is 4.79 Å². The van der Waals surface area contributed by atoms with Gasteiger partial charge in [-0.25, -0.2) is 0 Å². The molecule has 0 fully saturated rings. The number of amides is 1. The number of hydrogen-bond acceptors (Lipinski definition) is 3. The van der Waals surface area contributed by atoms with E-state index in [1.165, 1.54) is 10.9 Å². The molecule has 0 aliphatic heterocycles. The van der Waals surface area contributed by atoms with Gasteiger partial charge in [0, 0.05) is 5.56 Å². The molecule has 5 heteroatoms. The zero-order valence-corrected chi connectivity index (χ0v) is 16.8. The molecular weight excluding hydrogens is 352 g/mol. The number of rotatable bonds is 7. The fourth-order valence-electron chi connectivity index (χ4n) is 3.31. The number of quaternary nitrogens is 1. The van der Waals surface area contributed by atoms with Gasteiger partial charge in [0.05, 0.1) is 27.0 Å². The minimum atomic E-state index is -0.0353. The van der Waals surface area contributed by atoms with Crippen LogP contribution in [0.4, 0.5) is 5.69 Å². The zero-order chi connectivity index (χ0) is 20.1. The zero-order valence-electron chi connectivity index (χ0n) is 16.8. The van der Waals surface area contributed by atoms with Crippen molar-refractivity contribution < 1.29 is 19.2 Å². The van der Waals surface area contributed by atoms with Crippen LogP contribution in [0.3, 0.4) is 0 Å². The van der Waals surface area contributed by atoms with Crippen LogP contribution in [0.15, 0.2) is 54.6 Å². The third-order valence-electron chi connectivity index (χ3n) is 4.71. The number of likely N-dealkylation sites (N-methyl/N-ethyl adjacent to an activating group) is 1. The van der Waals surface area contributed by atoms with Crippen LogP contribution in [-0.2, 0) is 11.3 Å². The molecule has 146 valence electrons. The Balaban J connectivity index is 1.63. The maximum atomic E-state index is 12.5. The van der Waals surface area contributed by atoms with Crippen LogP contribution in [0.1, 0.15) is 11.1 Å². The molecule has 3 aromatic carbocycles. The summed E-state index contributed by atoms with van der Waals surface area (Å²) in [5.41, 5.74) is 2.97. The normalized spacial score (nSPS) is 11.9. The lowest BCUT2D eigenvalue weighted by Gasteiger charge is -2.16. The molecule has 0 radical (unpaired) electrons. The first kappa shape index (κ1) is 19.7. The Kier molecular flexibility index (Phi) is 6.16. The molecule has 3 rings (SSSR count). The Bertz CT molecular complexity index is 985. The number of aryl methyl sites for hydroxylation is 1. The van der Waals surface area contributed by atoms with Gasteiger partial charge >= 0.3 is 0 Å². The Morgan fingerprint density at radius 1 is 0.964 bits per heavy atom. The van der Waals surface area contributed by atoms with Crippen LogP contribution in [-0.4, -0.2) is 33.7 Å². The van der Waals surface area contributed by atoms with Crippen LogP contribution < -0.4 is 19.7 Å². The van der Waals surface area contributed by atoms with Crippen molar-refractivity contribution in [2.75, 3.05) is 33.1 Å². The minimum absolute atomic E-state index is 0.0353. The van der Waals surface area contributed by atoms with Crippen molar-refractivity contribution >= 4 is 22.4 Å². The SMILES string of the molecule is COc1ccc2cc(C[NH+](C)CC(=O)Nc3cc(C)ccc3OC)ccc2c1. The monoisotopic (exact) mass is 379 g/mol. The molecule has 3 aromatic rings. The second-order valence-electron chi connectivity index (χ2n) is 7.11. The summed E-state index contributed by atoms with van der Waals surface area (Å²) in [7, 11) is 5.30. The van der Waals surface area contributed by atoms with Crippen molar-refractivity contribution in [2.45, 2.75) is 13.5 Å². The van der Waals surface area contributed by atoms with E-state index in [1.807, 2.05) is 44.3 Å². The second kappa shape index (κ2) is 8.76. The van der Waals surface area contributed by atoms with Gasteiger partial charge in [-0.1, -0.05) is 24.3 Å². The van der Waals surface area contributed by atoms with Crippen LogP contribution >= 0.6 is 0 Å². The Labute approximate surface area is 165 Å². The van der Waals surface area contributed by atoms with E-state index < -0.39 is 0 Å². The molecule has 0 aliphatic carbocycles. The van der Waals surface area contributed by atoms with Crippen LogP contribution in [0, 0.1) is 6.92 Å². The van der Waals surface area contributed by atoms with E-state index in [9.17, 15) is 4.79 Å². The molecule has 2 N–H and O–H groups in total. The molecule has 1 amide bonds. The maximum Gasteiger partial charge on any atom is 0.279 e. The fourth-order valence-corrected chi connectivity index (χ4v) is 3.31. The van der Waals surface area contributed by atoms with Crippen molar-refractivity contribution in [1.82, 2.24) is 0 Å². The lowest BCUT2D eigenvalue weighted by atomic mass is 10.1. The highest BCUT2D eigenvalue weighted by atomic mass is 16.5. The summed E-state index contributed by atoms with van der Waals surface area (Å²) in [6.45, 7) is 3.12. The predicted molar refractivity (Wildman–Crippen MR) is 112 cm³/mol. The molecule has 5 nitrogen and oxygen atoms in total. The average Bonchev–Trinajstić information content (AvgIpc) is 2.67. The van der Waals surface area contributed by atoms with E-state index in [0.29, 0.717) is 18.0 Å². The predicted octanol–water partition coefficient (Wildman–Crippen LogP) is 2.82. The van der Waals surface area contributed by atoms with Crippen molar-refractivity contribution in [3.8, 4) is 11.5 Å². The number of nitrogens with one attached hydrogen (secondary N) is 2. The summed E-state index contributed by atoms with van der Waals surface area (Å²) >= 11 is 0. The largest absolute Gasteiger partial charge is 0.497 e. The van der Waals surface area contributed by atoms with E-state index in [-0.39, 0.29) is 5.91 Å². The molecule has 0 heterocycles. The van der Waals surface area contributed by atoms with Crippen molar-refractivity contribution in [1.29, 1.82) is 0 Å². The molecule has 1 atom stereocenters. The molecule has 0 saturated heterocycles. The Morgan fingerprint density at radius 2 is 1.71 bits per heavy atom. The van der Waals surface area contributed by atoms with Crippen molar-refractivity contribution in [2.24, 2.45) is 0 Å². The molecule has 0 aliphatic rings. The first-order valence-corrected chi connectivity index (χ1v) is 9.31. The van der Waals surface area contributed by atoms with Gasteiger partial charge in [-0.2, -0.15) is 0 Å². The first-order chi connectivity index (χ1) is 13.5. The van der Waals surface area contributed by atoms with Gasteiger partial charge in [0.25, 0.3) is 5.91 Å². The average molecular weight is 379 g/mol. The third kappa shape index (κ3) is 4.81. The van der Waals surface area contributed by atoms with E-state index in [4.69, 9.17) is 9.47 Å². The van der Waals surface area contributed by atoms with Gasteiger partial charge < -0.3 is 19.7 Å². The van der Waals surface area contributed by atoms with Gasteiger partial charge in [-0.05, 0) is 53.6 Å². The third-order valence-corrected chi connectivity index (χ3v) is 4.71. The summed E-state index contributed by atoms with van der Waals surface area (Å²) in [5.74, 6) is 1.49. The van der Waals surface area contributed by atoms with E-state index in [1.54, 1.807) is 14.2 Å². The number of ether oxygens (including phenoxy) is 2. The van der Waals surface area contributed by atoms with Gasteiger partial charge in [-0.15, -0.1) is 0 Å². The number of methoxy groups -OCH3 is 2. The number of carbonyl (C=O) groups excluding carboxylic acids is 1. The summed E-state index contributed by atoms with van der Waals surface area (Å²) in [6, 6.07) is 18.2. The molecular formula is C23H27N2O3+. The van der Waals surface area contributed by atoms with E-state index in [2.05, 4.69) is 29.6 Å². The standard InChI is InChI=1S/C23H26N2O3/c1-16-5-10-22(28-4)21(11-16)24-23(26)15-25(2)14-17-6-7-19-13-20(27-3)9-8-18(19)12-17/h5-13H,14-15H2,1-4H3,(H,24,26)/p+1. The van der Waals surface area contributed by atoms with Gasteiger partial charge in [0.1, 0.15) is 18.0 Å². The van der Waals surface area contributed by atoms with E-state index >= 15 is 0 Å². The minimum Gasteiger partial charge on any atom is -0.497 e.